The number of nitrogens with zero attached hydrogens (tertiary/aromatic N) is 1. The summed E-state index contributed by atoms with van der Waals surface area (Å²) in [7, 11) is 2.17. The number of piperidine rings is 1. The third kappa shape index (κ3) is 2.24. The van der Waals surface area contributed by atoms with Gasteiger partial charge in [-0.05, 0) is 61.5 Å². The van der Waals surface area contributed by atoms with E-state index in [0.29, 0.717) is 5.92 Å². The Morgan fingerprint density at radius 1 is 1.14 bits per heavy atom. The van der Waals surface area contributed by atoms with Crippen molar-refractivity contribution in [2.45, 2.75) is 28.4 Å². The monoisotopic (exact) mass is 331 g/mol. The molecule has 3 heterocycles. The van der Waals surface area contributed by atoms with Gasteiger partial charge in [0.25, 0.3) is 0 Å². The highest BCUT2D eigenvalue weighted by Gasteiger charge is 2.45. The Balaban J connectivity index is 1.86. The second kappa shape index (κ2) is 5.68. The zero-order valence-electron chi connectivity index (χ0n) is 12.8. The number of thiophene rings is 1. The zero-order chi connectivity index (χ0) is 15.2. The van der Waals surface area contributed by atoms with Gasteiger partial charge < -0.3 is 10.0 Å². The molecule has 2 aromatic rings. The minimum Gasteiger partial charge on any atom is -0.380 e. The summed E-state index contributed by atoms with van der Waals surface area (Å²) in [5, 5.41) is 14.1. The van der Waals surface area contributed by atoms with Crippen LogP contribution in [0, 0.1) is 5.92 Å². The number of rotatable bonds is 1. The summed E-state index contributed by atoms with van der Waals surface area (Å²) in [6, 6.07) is 10.6. The van der Waals surface area contributed by atoms with Crippen LogP contribution in [-0.4, -0.2) is 30.1 Å². The Labute approximate surface area is 140 Å². The fourth-order valence-corrected chi connectivity index (χ4v) is 6.07. The summed E-state index contributed by atoms with van der Waals surface area (Å²) in [6.45, 7) is 2.14. The maximum Gasteiger partial charge on any atom is 0.120 e. The van der Waals surface area contributed by atoms with Crippen LogP contribution in [0.3, 0.4) is 0 Å². The van der Waals surface area contributed by atoms with E-state index in [0.717, 1.165) is 42.8 Å². The first-order valence-electron chi connectivity index (χ1n) is 7.89. The van der Waals surface area contributed by atoms with Crippen molar-refractivity contribution in [3.8, 4) is 0 Å². The van der Waals surface area contributed by atoms with E-state index >= 15 is 0 Å². The molecule has 116 valence electrons. The van der Waals surface area contributed by atoms with E-state index in [1.165, 1.54) is 9.77 Å². The van der Waals surface area contributed by atoms with Crippen molar-refractivity contribution < 1.29 is 5.11 Å². The number of likely N-dealkylation sites (tertiary alicyclic amines) is 1. The highest BCUT2D eigenvalue weighted by atomic mass is 32.2. The Bertz CT molecular complexity index is 675. The van der Waals surface area contributed by atoms with Crippen molar-refractivity contribution in [1.82, 2.24) is 4.90 Å². The van der Waals surface area contributed by atoms with E-state index < -0.39 is 5.60 Å². The second-order valence-corrected chi connectivity index (χ2v) is 8.57. The number of benzene rings is 1. The van der Waals surface area contributed by atoms with E-state index in [2.05, 4.69) is 47.7 Å². The number of hydrogen-bond donors (Lipinski definition) is 1. The van der Waals surface area contributed by atoms with Crippen LogP contribution < -0.4 is 0 Å². The topological polar surface area (TPSA) is 23.5 Å². The van der Waals surface area contributed by atoms with Gasteiger partial charge in [-0.25, -0.2) is 0 Å². The van der Waals surface area contributed by atoms with Gasteiger partial charge >= 0.3 is 0 Å². The lowest BCUT2D eigenvalue weighted by Gasteiger charge is -2.41. The quantitative estimate of drug-likeness (QED) is 0.856. The maximum atomic E-state index is 11.9. The predicted molar refractivity (Wildman–Crippen MR) is 93.5 cm³/mol. The van der Waals surface area contributed by atoms with Crippen LogP contribution in [0.25, 0.3) is 0 Å². The highest BCUT2D eigenvalue weighted by molar-refractivity contribution is 8.00. The van der Waals surface area contributed by atoms with Crippen molar-refractivity contribution in [1.29, 1.82) is 0 Å². The summed E-state index contributed by atoms with van der Waals surface area (Å²) < 4.78 is 1.29. The van der Waals surface area contributed by atoms with Crippen LogP contribution in [0.15, 0.2) is 39.9 Å². The molecule has 1 N–H and O–H groups in total. The first-order chi connectivity index (χ1) is 10.7. The van der Waals surface area contributed by atoms with Crippen LogP contribution in [0.4, 0.5) is 0 Å². The van der Waals surface area contributed by atoms with Crippen molar-refractivity contribution in [3.63, 3.8) is 0 Å². The molecule has 4 heteroatoms. The SMILES string of the molecule is CN1CCC([C@@]2(O)c3ccccc3CSc3sccc32)CC1. The predicted octanol–water partition coefficient (Wildman–Crippen LogP) is 3.93. The van der Waals surface area contributed by atoms with Gasteiger partial charge in [0.1, 0.15) is 5.60 Å². The van der Waals surface area contributed by atoms with Gasteiger partial charge in [0, 0.05) is 11.3 Å². The summed E-state index contributed by atoms with van der Waals surface area (Å²) in [6.07, 6.45) is 2.11. The first kappa shape index (κ1) is 14.8. The van der Waals surface area contributed by atoms with Gasteiger partial charge in [-0.3, -0.25) is 0 Å². The van der Waals surface area contributed by atoms with Gasteiger partial charge in [-0.2, -0.15) is 0 Å². The van der Waals surface area contributed by atoms with Gasteiger partial charge in [-0.15, -0.1) is 23.1 Å². The van der Waals surface area contributed by atoms with Crippen molar-refractivity contribution in [2.24, 2.45) is 5.92 Å². The van der Waals surface area contributed by atoms with Crippen LogP contribution in [-0.2, 0) is 11.4 Å². The van der Waals surface area contributed by atoms with Crippen molar-refractivity contribution in [2.75, 3.05) is 20.1 Å². The molecule has 2 aliphatic heterocycles. The number of fused-ring (bicyclic) bond motifs is 2. The van der Waals surface area contributed by atoms with Crippen LogP contribution >= 0.6 is 23.1 Å². The normalized spacial score (nSPS) is 26.3. The molecule has 2 aliphatic rings. The molecule has 0 spiro atoms. The lowest BCUT2D eigenvalue weighted by Crippen LogP contribution is -2.43. The summed E-state index contributed by atoms with van der Waals surface area (Å²) in [4.78, 5) is 2.37. The van der Waals surface area contributed by atoms with E-state index in [1.807, 2.05) is 11.8 Å². The number of aliphatic hydroxyl groups is 1. The Kier molecular flexibility index (Phi) is 3.81. The molecule has 0 amide bonds. The zero-order valence-corrected chi connectivity index (χ0v) is 14.4. The van der Waals surface area contributed by atoms with Crippen LogP contribution in [0.2, 0.25) is 0 Å². The van der Waals surface area contributed by atoms with Crippen LogP contribution in [0.1, 0.15) is 29.5 Å². The van der Waals surface area contributed by atoms with Gasteiger partial charge in [0.05, 0.1) is 4.21 Å². The maximum absolute atomic E-state index is 11.9. The average molecular weight is 332 g/mol. The molecule has 0 unspecified atom stereocenters. The molecule has 0 aliphatic carbocycles. The van der Waals surface area contributed by atoms with E-state index in [1.54, 1.807) is 11.3 Å². The van der Waals surface area contributed by atoms with Gasteiger partial charge in [0.15, 0.2) is 0 Å². The van der Waals surface area contributed by atoms with Crippen molar-refractivity contribution in [3.05, 3.63) is 52.4 Å². The molecule has 1 aromatic heterocycles. The Morgan fingerprint density at radius 2 is 1.91 bits per heavy atom. The molecule has 1 aromatic carbocycles. The van der Waals surface area contributed by atoms with E-state index in [4.69, 9.17) is 0 Å². The molecular weight excluding hydrogens is 310 g/mol. The molecule has 1 atom stereocenters. The number of thioether (sulfide) groups is 1. The van der Waals surface area contributed by atoms with Crippen LogP contribution in [0.5, 0.6) is 0 Å². The van der Waals surface area contributed by atoms with Gasteiger partial charge in [-0.1, -0.05) is 24.3 Å². The Morgan fingerprint density at radius 3 is 2.73 bits per heavy atom. The van der Waals surface area contributed by atoms with Gasteiger partial charge in [0.2, 0.25) is 0 Å². The molecule has 0 bridgehead atoms. The van der Waals surface area contributed by atoms with E-state index in [9.17, 15) is 5.11 Å². The highest BCUT2D eigenvalue weighted by Crippen LogP contribution is 2.51. The molecule has 1 fully saturated rings. The summed E-state index contributed by atoms with van der Waals surface area (Å²) in [5.74, 6) is 1.26. The lowest BCUT2D eigenvalue weighted by atomic mass is 9.71. The molecular formula is C18H21NOS2. The fraction of sp³-hybridized carbons (Fsp3) is 0.444. The second-order valence-electron chi connectivity index (χ2n) is 6.41. The standard InChI is InChI=1S/C18H21NOS2/c1-19-9-6-14(7-10-19)18(20)15-5-3-2-4-13(15)12-22-17-16(18)8-11-21-17/h2-5,8,11,14,20H,6-7,9-10,12H2,1H3/t18-/m1/s1. The smallest absolute Gasteiger partial charge is 0.120 e. The Hall–Kier alpha value is -0.810. The first-order valence-corrected chi connectivity index (χ1v) is 9.76. The molecule has 2 nitrogen and oxygen atoms in total. The largest absolute Gasteiger partial charge is 0.380 e. The molecule has 4 rings (SSSR count). The average Bonchev–Trinajstić information content (AvgIpc) is 2.98. The van der Waals surface area contributed by atoms with E-state index in [-0.39, 0.29) is 0 Å². The molecule has 0 radical (unpaired) electrons. The summed E-state index contributed by atoms with van der Waals surface area (Å²) >= 11 is 3.64. The lowest BCUT2D eigenvalue weighted by molar-refractivity contribution is -0.0126. The van der Waals surface area contributed by atoms with Crippen molar-refractivity contribution >= 4 is 23.1 Å². The summed E-state index contributed by atoms with van der Waals surface area (Å²) in [5.41, 5.74) is 2.74. The molecule has 0 saturated carbocycles. The third-order valence-corrected chi connectivity index (χ3v) is 7.42. The number of hydrogen-bond acceptors (Lipinski definition) is 4. The minimum atomic E-state index is -0.823. The minimum absolute atomic E-state index is 0.303. The third-order valence-electron chi connectivity index (χ3n) is 5.14. The molecule has 1 saturated heterocycles. The molecule has 22 heavy (non-hydrogen) atoms. The fourth-order valence-electron chi connectivity index (χ4n) is 3.86.